The van der Waals surface area contributed by atoms with Gasteiger partial charge in [-0.3, -0.25) is 4.79 Å². The van der Waals surface area contributed by atoms with Crippen LogP contribution in [0.2, 0.25) is 0 Å². The van der Waals surface area contributed by atoms with Crippen LogP contribution in [0, 0.1) is 5.92 Å². The van der Waals surface area contributed by atoms with Crippen molar-refractivity contribution in [1.29, 1.82) is 0 Å². The number of carbonyl (C=O) groups is 1. The second kappa shape index (κ2) is 12.5. The van der Waals surface area contributed by atoms with Crippen molar-refractivity contribution in [2.75, 3.05) is 26.2 Å². The van der Waals surface area contributed by atoms with Gasteiger partial charge < -0.3 is 10.2 Å². The number of hydrogen-bond acceptors (Lipinski definition) is 2. The maximum absolute atomic E-state index is 12.0. The molecule has 0 aromatic carbocycles. The zero-order chi connectivity index (χ0) is 13.9. The van der Waals surface area contributed by atoms with Crippen LogP contribution in [0.5, 0.6) is 0 Å². The largest absolute Gasteiger partial charge is 0.356 e. The third-order valence-electron chi connectivity index (χ3n) is 4.04. The Hall–Kier alpha value is -0.280. The molecule has 0 atom stereocenters. The van der Waals surface area contributed by atoms with E-state index in [1.807, 2.05) is 0 Å². The first kappa shape index (κ1) is 19.7. The molecule has 1 aliphatic heterocycles. The molecule has 4 heteroatoms. The Morgan fingerprint density at radius 3 is 2.25 bits per heavy atom. The van der Waals surface area contributed by atoms with Gasteiger partial charge in [-0.25, -0.2) is 0 Å². The van der Waals surface area contributed by atoms with Gasteiger partial charge in [0.25, 0.3) is 0 Å². The van der Waals surface area contributed by atoms with Crippen molar-refractivity contribution < 1.29 is 4.79 Å². The van der Waals surface area contributed by atoms with Crippen LogP contribution in [0.3, 0.4) is 0 Å². The quantitative estimate of drug-likeness (QED) is 0.625. The molecule has 1 amide bonds. The molecular formula is C16H33ClN2O. The standard InChI is InChI=1S/C16H32N2O.ClH/c1-3-9-15(10-4-2)16(19)17-11-5-6-12-18-13-7-8-14-18;/h15H,3-14H2,1-2H3,(H,17,19);1H. The number of rotatable bonds is 10. The fourth-order valence-corrected chi connectivity index (χ4v) is 2.93. The summed E-state index contributed by atoms with van der Waals surface area (Å²) in [5.41, 5.74) is 0. The lowest BCUT2D eigenvalue weighted by Gasteiger charge is -2.16. The summed E-state index contributed by atoms with van der Waals surface area (Å²) >= 11 is 0. The van der Waals surface area contributed by atoms with Gasteiger partial charge in [0.05, 0.1) is 0 Å². The average molecular weight is 305 g/mol. The first-order chi connectivity index (χ1) is 9.27. The van der Waals surface area contributed by atoms with Crippen molar-refractivity contribution in [3.8, 4) is 0 Å². The van der Waals surface area contributed by atoms with Gasteiger partial charge in [0.2, 0.25) is 5.91 Å². The summed E-state index contributed by atoms with van der Waals surface area (Å²) < 4.78 is 0. The molecule has 0 aromatic heterocycles. The molecule has 1 saturated heterocycles. The first-order valence-electron chi connectivity index (χ1n) is 8.28. The summed E-state index contributed by atoms with van der Waals surface area (Å²) in [6.07, 6.45) is 9.35. The van der Waals surface area contributed by atoms with E-state index in [1.165, 1.54) is 38.9 Å². The second-order valence-electron chi connectivity index (χ2n) is 5.82. The Kier molecular flexibility index (Phi) is 12.3. The number of halogens is 1. The molecule has 1 rings (SSSR count). The predicted octanol–water partition coefficient (Wildman–Crippen LogP) is 3.62. The fourth-order valence-electron chi connectivity index (χ4n) is 2.93. The monoisotopic (exact) mass is 304 g/mol. The van der Waals surface area contributed by atoms with E-state index in [9.17, 15) is 4.79 Å². The van der Waals surface area contributed by atoms with Crippen molar-refractivity contribution in [2.45, 2.75) is 65.2 Å². The lowest BCUT2D eigenvalue weighted by molar-refractivity contribution is -0.125. The second-order valence-corrected chi connectivity index (χ2v) is 5.82. The molecule has 0 aromatic rings. The summed E-state index contributed by atoms with van der Waals surface area (Å²) in [5, 5.41) is 3.12. The van der Waals surface area contributed by atoms with E-state index in [2.05, 4.69) is 24.1 Å². The van der Waals surface area contributed by atoms with Crippen molar-refractivity contribution in [3.05, 3.63) is 0 Å². The fraction of sp³-hybridized carbons (Fsp3) is 0.938. The van der Waals surface area contributed by atoms with Crippen LogP contribution in [0.4, 0.5) is 0 Å². The van der Waals surface area contributed by atoms with Crippen molar-refractivity contribution in [1.82, 2.24) is 10.2 Å². The van der Waals surface area contributed by atoms with Crippen LogP contribution in [0.25, 0.3) is 0 Å². The zero-order valence-corrected chi connectivity index (χ0v) is 14.1. The highest BCUT2D eigenvalue weighted by atomic mass is 35.5. The van der Waals surface area contributed by atoms with Gasteiger partial charge in [0.15, 0.2) is 0 Å². The molecule has 1 heterocycles. The van der Waals surface area contributed by atoms with Gasteiger partial charge in [-0.2, -0.15) is 0 Å². The van der Waals surface area contributed by atoms with Crippen LogP contribution < -0.4 is 5.32 Å². The first-order valence-corrected chi connectivity index (χ1v) is 8.28. The smallest absolute Gasteiger partial charge is 0.223 e. The van der Waals surface area contributed by atoms with E-state index < -0.39 is 0 Å². The summed E-state index contributed by atoms with van der Waals surface area (Å²) in [5.74, 6) is 0.526. The SMILES string of the molecule is CCCC(CCC)C(=O)NCCCCN1CCCC1.Cl. The lowest BCUT2D eigenvalue weighted by Crippen LogP contribution is -2.32. The molecule has 0 radical (unpaired) electrons. The Labute approximate surface area is 131 Å². The summed E-state index contributed by atoms with van der Waals surface area (Å²) in [4.78, 5) is 14.6. The number of likely N-dealkylation sites (tertiary alicyclic amines) is 1. The molecule has 1 fully saturated rings. The maximum Gasteiger partial charge on any atom is 0.223 e. The van der Waals surface area contributed by atoms with Gasteiger partial charge in [0, 0.05) is 12.5 Å². The molecule has 0 unspecified atom stereocenters. The predicted molar refractivity (Wildman–Crippen MR) is 88.5 cm³/mol. The number of nitrogens with zero attached hydrogens (tertiary/aromatic N) is 1. The highest BCUT2D eigenvalue weighted by Crippen LogP contribution is 2.13. The van der Waals surface area contributed by atoms with Gasteiger partial charge in [0.1, 0.15) is 0 Å². The number of nitrogens with one attached hydrogen (secondary N) is 1. The molecule has 0 saturated carbocycles. The van der Waals surface area contributed by atoms with Gasteiger partial charge in [-0.15, -0.1) is 12.4 Å². The lowest BCUT2D eigenvalue weighted by atomic mass is 9.97. The zero-order valence-electron chi connectivity index (χ0n) is 13.3. The summed E-state index contributed by atoms with van der Waals surface area (Å²) in [6.45, 7) is 8.95. The minimum absolute atomic E-state index is 0. The van der Waals surface area contributed by atoms with E-state index in [4.69, 9.17) is 0 Å². The Morgan fingerprint density at radius 1 is 1.10 bits per heavy atom. The van der Waals surface area contributed by atoms with Gasteiger partial charge in [-0.05, 0) is 58.2 Å². The van der Waals surface area contributed by atoms with E-state index in [0.29, 0.717) is 0 Å². The highest BCUT2D eigenvalue weighted by molar-refractivity contribution is 5.85. The topological polar surface area (TPSA) is 32.3 Å². The van der Waals surface area contributed by atoms with Crippen LogP contribution in [0.15, 0.2) is 0 Å². The summed E-state index contributed by atoms with van der Waals surface area (Å²) in [6, 6.07) is 0. The molecule has 0 aliphatic carbocycles. The maximum atomic E-state index is 12.0. The van der Waals surface area contributed by atoms with E-state index in [-0.39, 0.29) is 24.2 Å². The van der Waals surface area contributed by atoms with Crippen LogP contribution in [-0.4, -0.2) is 37.0 Å². The number of carbonyl (C=O) groups excluding carboxylic acids is 1. The van der Waals surface area contributed by atoms with Crippen molar-refractivity contribution in [3.63, 3.8) is 0 Å². The summed E-state index contributed by atoms with van der Waals surface area (Å²) in [7, 11) is 0. The van der Waals surface area contributed by atoms with Gasteiger partial charge >= 0.3 is 0 Å². The third kappa shape index (κ3) is 8.11. The normalized spacial score (nSPS) is 15.3. The molecule has 1 N–H and O–H groups in total. The molecule has 120 valence electrons. The molecule has 20 heavy (non-hydrogen) atoms. The Bertz CT molecular complexity index is 237. The minimum atomic E-state index is 0. The molecule has 3 nitrogen and oxygen atoms in total. The van der Waals surface area contributed by atoms with Crippen LogP contribution >= 0.6 is 12.4 Å². The average Bonchev–Trinajstić information content (AvgIpc) is 2.91. The van der Waals surface area contributed by atoms with Crippen LogP contribution in [0.1, 0.15) is 65.2 Å². The van der Waals surface area contributed by atoms with Crippen molar-refractivity contribution in [2.24, 2.45) is 5.92 Å². The number of amides is 1. The minimum Gasteiger partial charge on any atom is -0.356 e. The Morgan fingerprint density at radius 2 is 1.70 bits per heavy atom. The molecule has 0 spiro atoms. The third-order valence-corrected chi connectivity index (χ3v) is 4.04. The van der Waals surface area contributed by atoms with E-state index in [0.717, 1.165) is 38.6 Å². The van der Waals surface area contributed by atoms with E-state index >= 15 is 0 Å². The van der Waals surface area contributed by atoms with Crippen molar-refractivity contribution >= 4 is 18.3 Å². The molecule has 0 bridgehead atoms. The molecular weight excluding hydrogens is 272 g/mol. The Balaban J connectivity index is 0.00000361. The van der Waals surface area contributed by atoms with E-state index in [1.54, 1.807) is 0 Å². The number of unbranched alkanes of at least 4 members (excludes halogenated alkanes) is 1. The van der Waals surface area contributed by atoms with Crippen LogP contribution in [-0.2, 0) is 4.79 Å². The highest BCUT2D eigenvalue weighted by Gasteiger charge is 2.15. The van der Waals surface area contributed by atoms with Gasteiger partial charge in [-0.1, -0.05) is 26.7 Å². The molecule has 1 aliphatic rings. The number of hydrogen-bond donors (Lipinski definition) is 1.